The van der Waals surface area contributed by atoms with Gasteiger partial charge in [0.2, 0.25) is 5.91 Å². The van der Waals surface area contributed by atoms with Gasteiger partial charge in [0.15, 0.2) is 0 Å². The molecule has 3 aromatic rings. The Kier molecular flexibility index (Phi) is 7.72. The Bertz CT molecular complexity index is 946. The van der Waals surface area contributed by atoms with Crippen molar-refractivity contribution in [3.63, 3.8) is 0 Å². The van der Waals surface area contributed by atoms with Gasteiger partial charge < -0.3 is 5.32 Å². The third-order valence-corrected chi connectivity index (χ3v) is 6.12. The number of nitro groups is 1. The molecule has 0 aliphatic carbocycles. The van der Waals surface area contributed by atoms with Gasteiger partial charge in [-0.25, -0.2) is 0 Å². The van der Waals surface area contributed by atoms with E-state index in [1.165, 1.54) is 34.4 Å². The van der Waals surface area contributed by atoms with E-state index in [0.29, 0.717) is 11.5 Å². The number of carbonyl (C=O) groups excluding carboxylic acids is 1. The normalized spacial score (nSPS) is 10.5. The first-order valence-corrected chi connectivity index (χ1v) is 11.1. The fourth-order valence-electron chi connectivity index (χ4n) is 2.54. The van der Waals surface area contributed by atoms with E-state index >= 15 is 0 Å². The zero-order valence-electron chi connectivity index (χ0n) is 15.6. The summed E-state index contributed by atoms with van der Waals surface area (Å²) in [5.74, 6) is 1.76. The summed E-state index contributed by atoms with van der Waals surface area (Å²) in [7, 11) is 0. The number of hydrogen-bond donors (Lipinski definition) is 1. The molecule has 0 atom stereocenters. The van der Waals surface area contributed by atoms with Gasteiger partial charge in [0.05, 0.1) is 10.7 Å². The van der Waals surface area contributed by atoms with Crippen molar-refractivity contribution in [2.75, 3.05) is 11.1 Å². The fourth-order valence-corrected chi connectivity index (χ4v) is 4.20. The fraction of sp³-hybridized carbons (Fsp3) is 0.136. The van der Waals surface area contributed by atoms with Crippen LogP contribution in [0.25, 0.3) is 0 Å². The van der Waals surface area contributed by atoms with Gasteiger partial charge in [0.25, 0.3) is 5.69 Å². The van der Waals surface area contributed by atoms with Crippen molar-refractivity contribution in [2.24, 2.45) is 0 Å². The second-order valence-electron chi connectivity index (χ2n) is 6.26. The Hall–Kier alpha value is -2.77. The van der Waals surface area contributed by atoms with Crippen molar-refractivity contribution in [1.29, 1.82) is 0 Å². The Balaban J connectivity index is 1.40. The SMILES string of the molecule is O=C(CSCc1ccc([N+](=O)[O-])cc1)Nc1ccc(CSc2ccccc2)cc1. The van der Waals surface area contributed by atoms with Crippen molar-refractivity contribution in [1.82, 2.24) is 0 Å². The Morgan fingerprint density at radius 1 is 0.862 bits per heavy atom. The number of nitrogens with zero attached hydrogens (tertiary/aromatic N) is 1. The molecular formula is C22H20N2O3S2. The summed E-state index contributed by atoms with van der Waals surface area (Å²) in [6.07, 6.45) is 0. The molecule has 0 bridgehead atoms. The molecule has 3 rings (SSSR count). The number of carbonyl (C=O) groups is 1. The molecule has 0 unspecified atom stereocenters. The summed E-state index contributed by atoms with van der Waals surface area (Å²) in [5, 5.41) is 13.6. The molecule has 0 saturated heterocycles. The molecule has 29 heavy (non-hydrogen) atoms. The van der Waals surface area contributed by atoms with E-state index in [-0.39, 0.29) is 11.6 Å². The van der Waals surface area contributed by atoms with Crippen LogP contribution < -0.4 is 5.32 Å². The number of rotatable bonds is 9. The van der Waals surface area contributed by atoms with Crippen molar-refractivity contribution >= 4 is 40.8 Å². The number of thioether (sulfide) groups is 2. The Morgan fingerprint density at radius 2 is 1.48 bits per heavy atom. The maximum Gasteiger partial charge on any atom is 0.269 e. The quantitative estimate of drug-likeness (QED) is 0.269. The van der Waals surface area contributed by atoms with E-state index in [1.54, 1.807) is 23.9 Å². The number of nitro benzene ring substituents is 1. The van der Waals surface area contributed by atoms with Gasteiger partial charge >= 0.3 is 0 Å². The highest BCUT2D eigenvalue weighted by molar-refractivity contribution is 7.99. The van der Waals surface area contributed by atoms with E-state index in [1.807, 2.05) is 42.5 Å². The maximum absolute atomic E-state index is 12.1. The number of benzene rings is 3. The first-order chi connectivity index (χ1) is 14.1. The third kappa shape index (κ3) is 6.96. The predicted octanol–water partition coefficient (Wildman–Crippen LogP) is 5.76. The van der Waals surface area contributed by atoms with Crippen LogP contribution >= 0.6 is 23.5 Å². The molecule has 7 heteroatoms. The van der Waals surface area contributed by atoms with Crippen LogP contribution in [0.15, 0.2) is 83.8 Å². The summed E-state index contributed by atoms with van der Waals surface area (Å²) in [4.78, 5) is 23.6. The van der Waals surface area contributed by atoms with Gasteiger partial charge in [-0.15, -0.1) is 23.5 Å². The first-order valence-electron chi connectivity index (χ1n) is 8.98. The standard InChI is InChI=1S/C22H20N2O3S2/c25-22(16-28-14-17-8-12-20(13-9-17)24(26)27)23-19-10-6-18(7-11-19)15-29-21-4-2-1-3-5-21/h1-13H,14-16H2,(H,23,25). The topological polar surface area (TPSA) is 72.2 Å². The summed E-state index contributed by atoms with van der Waals surface area (Å²) in [5.41, 5.74) is 3.00. The van der Waals surface area contributed by atoms with E-state index in [0.717, 1.165) is 17.0 Å². The van der Waals surface area contributed by atoms with Gasteiger partial charge in [-0.1, -0.05) is 42.5 Å². The van der Waals surface area contributed by atoms with Gasteiger partial charge in [-0.05, 0) is 35.4 Å². The summed E-state index contributed by atoms with van der Waals surface area (Å²) >= 11 is 3.25. The van der Waals surface area contributed by atoms with Crippen LogP contribution in [0.4, 0.5) is 11.4 Å². The third-order valence-electron chi connectivity index (χ3n) is 4.04. The molecular weight excluding hydrogens is 404 g/mol. The second-order valence-corrected chi connectivity index (χ2v) is 8.30. The lowest BCUT2D eigenvalue weighted by molar-refractivity contribution is -0.384. The molecule has 0 spiro atoms. The van der Waals surface area contributed by atoms with E-state index in [4.69, 9.17) is 0 Å². The largest absolute Gasteiger partial charge is 0.325 e. The lowest BCUT2D eigenvalue weighted by Crippen LogP contribution is -2.14. The van der Waals surface area contributed by atoms with E-state index in [2.05, 4.69) is 17.4 Å². The van der Waals surface area contributed by atoms with Gasteiger partial charge in [0.1, 0.15) is 0 Å². The number of nitrogens with one attached hydrogen (secondary N) is 1. The van der Waals surface area contributed by atoms with Gasteiger partial charge in [-0.3, -0.25) is 14.9 Å². The minimum absolute atomic E-state index is 0.0664. The lowest BCUT2D eigenvalue weighted by Gasteiger charge is -2.07. The minimum Gasteiger partial charge on any atom is -0.325 e. The molecule has 0 saturated carbocycles. The zero-order chi connectivity index (χ0) is 20.5. The molecule has 0 aliphatic rings. The van der Waals surface area contributed by atoms with Crippen LogP contribution in [0.3, 0.4) is 0 Å². The molecule has 0 radical (unpaired) electrons. The van der Waals surface area contributed by atoms with Crippen LogP contribution in [0, 0.1) is 10.1 Å². The van der Waals surface area contributed by atoms with Crippen LogP contribution in [0.2, 0.25) is 0 Å². The molecule has 1 N–H and O–H groups in total. The van der Waals surface area contributed by atoms with Gasteiger partial charge in [0, 0.05) is 34.2 Å². The molecule has 0 fully saturated rings. The van der Waals surface area contributed by atoms with E-state index < -0.39 is 4.92 Å². The summed E-state index contributed by atoms with van der Waals surface area (Å²) < 4.78 is 0. The van der Waals surface area contributed by atoms with Crippen molar-refractivity contribution in [2.45, 2.75) is 16.4 Å². The number of amides is 1. The first kappa shape index (κ1) is 21.0. The number of hydrogen-bond acceptors (Lipinski definition) is 5. The molecule has 0 aromatic heterocycles. The number of anilines is 1. The molecule has 1 amide bonds. The molecule has 0 aliphatic heterocycles. The summed E-state index contributed by atoms with van der Waals surface area (Å²) in [6, 6.07) is 24.5. The van der Waals surface area contributed by atoms with Crippen molar-refractivity contribution < 1.29 is 9.72 Å². The average molecular weight is 425 g/mol. The molecule has 148 valence electrons. The second kappa shape index (κ2) is 10.7. The minimum atomic E-state index is -0.421. The van der Waals surface area contributed by atoms with Gasteiger partial charge in [-0.2, -0.15) is 0 Å². The Morgan fingerprint density at radius 3 is 2.14 bits per heavy atom. The van der Waals surface area contributed by atoms with E-state index in [9.17, 15) is 14.9 Å². The Labute approximate surface area is 178 Å². The maximum atomic E-state index is 12.1. The number of non-ortho nitro benzene ring substituents is 1. The smallest absolute Gasteiger partial charge is 0.269 e. The van der Waals surface area contributed by atoms with Crippen LogP contribution in [-0.2, 0) is 16.3 Å². The molecule has 5 nitrogen and oxygen atoms in total. The molecule has 0 heterocycles. The highest BCUT2D eigenvalue weighted by Crippen LogP contribution is 2.23. The highest BCUT2D eigenvalue weighted by Gasteiger charge is 2.06. The monoisotopic (exact) mass is 424 g/mol. The zero-order valence-corrected chi connectivity index (χ0v) is 17.2. The predicted molar refractivity (Wildman–Crippen MR) is 120 cm³/mol. The highest BCUT2D eigenvalue weighted by atomic mass is 32.2. The van der Waals surface area contributed by atoms with Crippen LogP contribution in [0.5, 0.6) is 0 Å². The molecule has 3 aromatic carbocycles. The lowest BCUT2D eigenvalue weighted by atomic mass is 10.2. The van der Waals surface area contributed by atoms with Crippen molar-refractivity contribution in [3.8, 4) is 0 Å². The average Bonchev–Trinajstić information content (AvgIpc) is 2.74. The van der Waals surface area contributed by atoms with Crippen molar-refractivity contribution in [3.05, 3.63) is 100 Å². The van der Waals surface area contributed by atoms with Crippen LogP contribution in [0.1, 0.15) is 11.1 Å². The summed E-state index contributed by atoms with van der Waals surface area (Å²) in [6.45, 7) is 0. The van der Waals surface area contributed by atoms with Crippen LogP contribution in [-0.4, -0.2) is 16.6 Å².